The Morgan fingerprint density at radius 2 is 2.10 bits per heavy atom. The third-order valence-electron chi connectivity index (χ3n) is 5.35. The van der Waals surface area contributed by atoms with Crippen molar-refractivity contribution in [1.29, 1.82) is 0 Å². The topological polar surface area (TPSA) is 123 Å². The molecule has 0 aromatic carbocycles. The van der Waals surface area contributed by atoms with Crippen LogP contribution in [0.3, 0.4) is 0 Å². The highest BCUT2D eigenvalue weighted by Gasteiger charge is 2.28. The summed E-state index contributed by atoms with van der Waals surface area (Å²) in [6.07, 6.45) is 2.66. The average molecular weight is 397 g/mol. The third kappa shape index (κ3) is 3.37. The van der Waals surface area contributed by atoms with Crippen molar-refractivity contribution in [2.24, 2.45) is 0 Å². The number of amides is 1. The fourth-order valence-corrected chi connectivity index (χ4v) is 3.56. The molecular weight excluding hydrogens is 374 g/mol. The number of rotatable bonds is 6. The second-order valence-electron chi connectivity index (χ2n) is 7.27. The van der Waals surface area contributed by atoms with Gasteiger partial charge in [0, 0.05) is 30.3 Å². The average Bonchev–Trinajstić information content (AvgIpc) is 3.49. The first-order valence-corrected chi connectivity index (χ1v) is 9.84. The lowest BCUT2D eigenvalue weighted by molar-refractivity contribution is 0.0952. The maximum Gasteiger partial charge on any atom is 0.329 e. The van der Waals surface area contributed by atoms with Gasteiger partial charge in [0.05, 0.1) is 16.6 Å². The first-order chi connectivity index (χ1) is 13.9. The van der Waals surface area contributed by atoms with E-state index in [-0.39, 0.29) is 29.1 Å². The van der Waals surface area contributed by atoms with Crippen LogP contribution in [0.4, 0.5) is 0 Å². The molecular formula is C20H23N5O4. The minimum atomic E-state index is -0.606. The second kappa shape index (κ2) is 7.31. The van der Waals surface area contributed by atoms with Gasteiger partial charge in [0.25, 0.3) is 11.5 Å². The number of carbonyl (C=O) groups is 1. The SMILES string of the molecule is CCc1noc(C)c1CNC(=O)c1cc(C2CC2)nc2c1c(=O)[nH]c(=O)n2CC. The molecule has 29 heavy (non-hydrogen) atoms. The molecule has 0 saturated heterocycles. The van der Waals surface area contributed by atoms with Crippen LogP contribution >= 0.6 is 0 Å². The first kappa shape index (κ1) is 19.1. The predicted octanol–water partition coefficient (Wildman–Crippen LogP) is 1.77. The van der Waals surface area contributed by atoms with Crippen LogP contribution in [0.25, 0.3) is 11.0 Å². The van der Waals surface area contributed by atoms with Crippen LogP contribution in [0.15, 0.2) is 20.2 Å². The van der Waals surface area contributed by atoms with Gasteiger partial charge in [-0.05, 0) is 39.2 Å². The van der Waals surface area contributed by atoms with Crippen molar-refractivity contribution in [3.8, 4) is 0 Å². The Morgan fingerprint density at radius 1 is 1.34 bits per heavy atom. The van der Waals surface area contributed by atoms with Gasteiger partial charge in [-0.1, -0.05) is 12.1 Å². The smallest absolute Gasteiger partial charge is 0.329 e. The van der Waals surface area contributed by atoms with Crippen molar-refractivity contribution in [2.45, 2.75) is 59.0 Å². The monoisotopic (exact) mass is 397 g/mol. The fourth-order valence-electron chi connectivity index (χ4n) is 3.56. The van der Waals surface area contributed by atoms with Gasteiger partial charge >= 0.3 is 5.69 Å². The van der Waals surface area contributed by atoms with Crippen molar-refractivity contribution < 1.29 is 9.32 Å². The number of fused-ring (bicyclic) bond motifs is 1. The van der Waals surface area contributed by atoms with Gasteiger partial charge in [-0.3, -0.25) is 19.1 Å². The summed E-state index contributed by atoms with van der Waals surface area (Å²) in [6.45, 7) is 6.14. The zero-order valence-corrected chi connectivity index (χ0v) is 16.7. The molecule has 0 unspecified atom stereocenters. The molecule has 3 aromatic rings. The van der Waals surface area contributed by atoms with Crippen molar-refractivity contribution in [2.75, 3.05) is 0 Å². The molecule has 0 spiro atoms. The minimum Gasteiger partial charge on any atom is -0.361 e. The van der Waals surface area contributed by atoms with Crippen LogP contribution in [-0.4, -0.2) is 25.6 Å². The Bertz CT molecular complexity index is 1220. The number of H-pyrrole nitrogens is 1. The number of aromatic nitrogens is 4. The molecule has 2 N–H and O–H groups in total. The summed E-state index contributed by atoms with van der Waals surface area (Å²) >= 11 is 0. The molecule has 3 aromatic heterocycles. The van der Waals surface area contributed by atoms with E-state index in [0.717, 1.165) is 29.8 Å². The van der Waals surface area contributed by atoms with E-state index in [1.807, 2.05) is 6.92 Å². The molecule has 0 atom stereocenters. The number of hydrogen-bond acceptors (Lipinski definition) is 6. The van der Waals surface area contributed by atoms with Crippen LogP contribution in [0.1, 0.15) is 65.7 Å². The molecule has 0 aliphatic heterocycles. The van der Waals surface area contributed by atoms with Crippen LogP contribution in [-0.2, 0) is 19.5 Å². The highest BCUT2D eigenvalue weighted by Crippen LogP contribution is 2.39. The molecule has 1 aliphatic rings. The largest absolute Gasteiger partial charge is 0.361 e. The van der Waals surface area contributed by atoms with E-state index in [2.05, 4.69) is 20.4 Å². The summed E-state index contributed by atoms with van der Waals surface area (Å²) in [4.78, 5) is 44.7. The van der Waals surface area contributed by atoms with Crippen LogP contribution in [0.5, 0.6) is 0 Å². The second-order valence-corrected chi connectivity index (χ2v) is 7.27. The highest BCUT2D eigenvalue weighted by atomic mass is 16.5. The molecule has 0 bridgehead atoms. The zero-order valence-electron chi connectivity index (χ0n) is 16.7. The Hall–Kier alpha value is -3.23. The molecule has 152 valence electrons. The third-order valence-corrected chi connectivity index (χ3v) is 5.35. The van der Waals surface area contributed by atoms with E-state index in [0.29, 0.717) is 18.7 Å². The van der Waals surface area contributed by atoms with Gasteiger partial charge in [0.15, 0.2) is 5.65 Å². The van der Waals surface area contributed by atoms with Crippen molar-refractivity contribution in [3.05, 3.63) is 55.2 Å². The Morgan fingerprint density at radius 3 is 2.76 bits per heavy atom. The van der Waals surface area contributed by atoms with Gasteiger partial charge in [-0.15, -0.1) is 0 Å². The fraction of sp³-hybridized carbons (Fsp3) is 0.450. The summed E-state index contributed by atoms with van der Waals surface area (Å²) in [5.41, 5.74) is 1.72. The maximum atomic E-state index is 13.1. The molecule has 9 nitrogen and oxygen atoms in total. The summed E-state index contributed by atoms with van der Waals surface area (Å²) in [7, 11) is 0. The number of carbonyl (C=O) groups excluding carboxylic acids is 1. The summed E-state index contributed by atoms with van der Waals surface area (Å²) in [5, 5.41) is 7.00. The number of nitrogens with one attached hydrogen (secondary N) is 2. The van der Waals surface area contributed by atoms with Crippen LogP contribution in [0.2, 0.25) is 0 Å². The lowest BCUT2D eigenvalue weighted by atomic mass is 10.1. The van der Waals surface area contributed by atoms with Crippen LogP contribution < -0.4 is 16.6 Å². The molecule has 3 heterocycles. The summed E-state index contributed by atoms with van der Waals surface area (Å²) < 4.78 is 6.60. The molecule has 9 heteroatoms. The molecule has 1 aliphatic carbocycles. The van der Waals surface area contributed by atoms with Gasteiger partial charge in [0.1, 0.15) is 5.76 Å². The molecule has 0 radical (unpaired) electrons. The summed E-state index contributed by atoms with van der Waals surface area (Å²) in [6, 6.07) is 1.68. The van der Waals surface area contributed by atoms with E-state index in [1.54, 1.807) is 19.9 Å². The van der Waals surface area contributed by atoms with E-state index < -0.39 is 17.2 Å². The number of aryl methyl sites for hydroxylation is 3. The van der Waals surface area contributed by atoms with Gasteiger partial charge in [-0.25, -0.2) is 9.78 Å². The standard InChI is InChI=1S/C20H23N5O4/c1-4-14-13(10(3)29-24-14)9-21-18(26)12-8-15(11-6-7-11)22-17-16(12)19(27)23-20(28)25(17)5-2/h8,11H,4-7,9H2,1-3H3,(H,21,26)(H,23,27,28). The highest BCUT2D eigenvalue weighted by molar-refractivity contribution is 6.05. The lowest BCUT2D eigenvalue weighted by Gasteiger charge is -2.12. The Balaban J connectivity index is 1.79. The van der Waals surface area contributed by atoms with E-state index in [9.17, 15) is 14.4 Å². The zero-order chi connectivity index (χ0) is 20.7. The lowest BCUT2D eigenvalue weighted by Crippen LogP contribution is -2.33. The van der Waals surface area contributed by atoms with Crippen LogP contribution in [0, 0.1) is 6.92 Å². The predicted molar refractivity (Wildman–Crippen MR) is 106 cm³/mol. The first-order valence-electron chi connectivity index (χ1n) is 9.84. The van der Waals surface area contributed by atoms with Gasteiger partial charge in [0.2, 0.25) is 0 Å². The maximum absolute atomic E-state index is 13.1. The number of aromatic amines is 1. The van der Waals surface area contributed by atoms with Crippen molar-refractivity contribution >= 4 is 16.9 Å². The molecule has 4 rings (SSSR count). The van der Waals surface area contributed by atoms with Gasteiger partial charge < -0.3 is 9.84 Å². The van der Waals surface area contributed by atoms with Gasteiger partial charge in [-0.2, -0.15) is 0 Å². The van der Waals surface area contributed by atoms with Crippen molar-refractivity contribution in [3.63, 3.8) is 0 Å². The number of nitrogens with zero attached hydrogens (tertiary/aromatic N) is 3. The molecule has 1 fully saturated rings. The quantitative estimate of drug-likeness (QED) is 0.653. The van der Waals surface area contributed by atoms with E-state index >= 15 is 0 Å². The Labute approximate surface area is 166 Å². The molecule has 1 saturated carbocycles. The minimum absolute atomic E-state index is 0.131. The number of pyridine rings is 1. The Kier molecular flexibility index (Phi) is 4.81. The summed E-state index contributed by atoms with van der Waals surface area (Å²) in [5.74, 6) is 0.518. The van der Waals surface area contributed by atoms with Crippen molar-refractivity contribution in [1.82, 2.24) is 25.0 Å². The number of hydrogen-bond donors (Lipinski definition) is 2. The van der Waals surface area contributed by atoms with E-state index in [4.69, 9.17) is 4.52 Å². The van der Waals surface area contributed by atoms with E-state index in [1.165, 1.54) is 4.57 Å². The normalized spacial score (nSPS) is 13.8. The molecule has 1 amide bonds.